The number of hydrogen-bond acceptors (Lipinski definition) is 6. The molecule has 1 N–H and O–H groups in total. The maximum Gasteiger partial charge on any atom is 0.339 e. The van der Waals surface area contributed by atoms with Crippen molar-refractivity contribution in [3.8, 4) is 11.5 Å². The summed E-state index contributed by atoms with van der Waals surface area (Å²) >= 11 is 15.2. The first-order valence-corrected chi connectivity index (χ1v) is 12.4. The summed E-state index contributed by atoms with van der Waals surface area (Å²) in [5.74, 6) is -0.347. The van der Waals surface area contributed by atoms with Crippen LogP contribution in [0.3, 0.4) is 0 Å². The molecule has 7 nitrogen and oxygen atoms in total. The van der Waals surface area contributed by atoms with Gasteiger partial charge in [-0.1, -0.05) is 41.4 Å². The van der Waals surface area contributed by atoms with Crippen molar-refractivity contribution >= 4 is 61.4 Å². The SMILES string of the molecule is CCOc1cc(/C=N\NC(=O)c2ccc(Cl)cc2Cl)cc(Br)c1OS(=O)(=O)c1ccccc1. The minimum atomic E-state index is -4.08. The lowest BCUT2D eigenvalue weighted by molar-refractivity contribution is 0.0955. The van der Waals surface area contributed by atoms with E-state index in [1.807, 2.05) is 0 Å². The van der Waals surface area contributed by atoms with Gasteiger partial charge in [-0.15, -0.1) is 0 Å². The van der Waals surface area contributed by atoms with E-state index in [4.69, 9.17) is 32.1 Å². The molecule has 3 rings (SSSR count). The molecule has 0 unspecified atom stereocenters. The van der Waals surface area contributed by atoms with E-state index in [2.05, 4.69) is 26.5 Å². The first kappa shape index (κ1) is 25.0. The van der Waals surface area contributed by atoms with Crippen molar-refractivity contribution in [2.75, 3.05) is 6.61 Å². The molecule has 0 heterocycles. The van der Waals surface area contributed by atoms with Crippen LogP contribution in [0.2, 0.25) is 10.0 Å². The van der Waals surface area contributed by atoms with Crippen molar-refractivity contribution in [3.63, 3.8) is 0 Å². The Labute approximate surface area is 209 Å². The summed E-state index contributed by atoms with van der Waals surface area (Å²) in [6.07, 6.45) is 1.37. The number of nitrogens with one attached hydrogen (secondary N) is 1. The number of nitrogens with zero attached hydrogens (tertiary/aromatic N) is 1. The van der Waals surface area contributed by atoms with Crippen LogP contribution in [0.25, 0.3) is 0 Å². The van der Waals surface area contributed by atoms with Gasteiger partial charge in [0.1, 0.15) is 4.90 Å². The minimum Gasteiger partial charge on any atom is -0.490 e. The smallest absolute Gasteiger partial charge is 0.339 e. The molecule has 1 amide bonds. The molecular formula is C22H17BrCl2N2O5S. The van der Waals surface area contributed by atoms with E-state index in [0.717, 1.165) is 0 Å². The Kier molecular flexibility index (Phi) is 8.36. The fourth-order valence-corrected chi connectivity index (χ4v) is 4.77. The van der Waals surface area contributed by atoms with Crippen molar-refractivity contribution in [2.45, 2.75) is 11.8 Å². The van der Waals surface area contributed by atoms with Gasteiger partial charge in [0, 0.05) is 5.02 Å². The van der Waals surface area contributed by atoms with E-state index in [0.29, 0.717) is 15.1 Å². The van der Waals surface area contributed by atoms with Gasteiger partial charge in [-0.2, -0.15) is 13.5 Å². The molecule has 11 heteroatoms. The maximum atomic E-state index is 12.6. The molecule has 0 aliphatic carbocycles. The monoisotopic (exact) mass is 570 g/mol. The van der Waals surface area contributed by atoms with Crippen molar-refractivity contribution in [3.05, 3.63) is 86.3 Å². The van der Waals surface area contributed by atoms with E-state index >= 15 is 0 Å². The third-order valence-electron chi connectivity index (χ3n) is 4.11. The summed E-state index contributed by atoms with van der Waals surface area (Å²) in [6.45, 7) is 2.01. The first-order chi connectivity index (χ1) is 15.7. The standard InChI is InChI=1S/C22H17BrCl2N2O5S/c1-2-31-20-11-14(13-26-27-22(28)17-9-8-15(24)12-19(17)25)10-18(23)21(20)32-33(29,30)16-6-4-3-5-7-16/h3-13H,2H2,1H3,(H,27,28)/b26-13-. The predicted octanol–water partition coefficient (Wildman–Crippen LogP) is 5.69. The molecule has 172 valence electrons. The number of rotatable bonds is 8. The fourth-order valence-electron chi connectivity index (χ4n) is 2.65. The largest absolute Gasteiger partial charge is 0.490 e. The molecule has 0 spiro atoms. The van der Waals surface area contributed by atoms with Gasteiger partial charge >= 0.3 is 10.1 Å². The van der Waals surface area contributed by atoms with Crippen LogP contribution >= 0.6 is 39.1 Å². The molecule has 0 bridgehead atoms. The average Bonchev–Trinajstić information content (AvgIpc) is 2.77. The molecule has 0 saturated heterocycles. The second kappa shape index (κ2) is 11.0. The van der Waals surface area contributed by atoms with Gasteiger partial charge in [-0.3, -0.25) is 4.79 Å². The third kappa shape index (κ3) is 6.48. The van der Waals surface area contributed by atoms with Gasteiger partial charge in [-0.25, -0.2) is 5.43 Å². The zero-order valence-electron chi connectivity index (χ0n) is 17.1. The van der Waals surface area contributed by atoms with Gasteiger partial charge in [-0.05, 0) is 70.9 Å². The van der Waals surface area contributed by atoms with Crippen LogP contribution in [0.15, 0.2) is 75.1 Å². The van der Waals surface area contributed by atoms with Gasteiger partial charge < -0.3 is 8.92 Å². The van der Waals surface area contributed by atoms with E-state index in [-0.39, 0.29) is 33.6 Å². The minimum absolute atomic E-state index is 0.00478. The number of amides is 1. The molecule has 3 aromatic carbocycles. The number of hydrogen-bond donors (Lipinski definition) is 1. The van der Waals surface area contributed by atoms with Crippen molar-refractivity contribution < 1.29 is 22.1 Å². The number of halogens is 3. The topological polar surface area (TPSA) is 94.1 Å². The summed E-state index contributed by atoms with van der Waals surface area (Å²) in [4.78, 5) is 12.3. The van der Waals surface area contributed by atoms with E-state index in [1.54, 1.807) is 37.3 Å². The average molecular weight is 572 g/mol. The van der Waals surface area contributed by atoms with Crippen molar-refractivity contribution in [2.24, 2.45) is 5.10 Å². The lowest BCUT2D eigenvalue weighted by Gasteiger charge is -2.14. The Morgan fingerprint density at radius 3 is 2.52 bits per heavy atom. The van der Waals surface area contributed by atoms with E-state index in [1.165, 1.54) is 36.5 Å². The molecule has 0 aliphatic heterocycles. The summed E-state index contributed by atoms with van der Waals surface area (Å²) in [5.41, 5.74) is 3.10. The molecule has 0 saturated carbocycles. The molecule has 0 atom stereocenters. The Morgan fingerprint density at radius 1 is 1.12 bits per heavy atom. The molecule has 0 aliphatic rings. The Bertz CT molecular complexity index is 1300. The summed E-state index contributed by atoms with van der Waals surface area (Å²) in [5, 5.41) is 4.52. The number of ether oxygens (including phenoxy) is 1. The highest BCUT2D eigenvalue weighted by molar-refractivity contribution is 9.10. The summed E-state index contributed by atoms with van der Waals surface area (Å²) < 4.78 is 36.5. The zero-order chi connectivity index (χ0) is 24.0. The number of carbonyl (C=O) groups excluding carboxylic acids is 1. The quantitative estimate of drug-likeness (QED) is 0.213. The molecule has 0 radical (unpaired) electrons. The lowest BCUT2D eigenvalue weighted by atomic mass is 10.2. The molecule has 33 heavy (non-hydrogen) atoms. The van der Waals surface area contributed by atoms with Crippen LogP contribution < -0.4 is 14.3 Å². The highest BCUT2D eigenvalue weighted by Crippen LogP contribution is 2.38. The summed E-state index contributed by atoms with van der Waals surface area (Å²) in [7, 11) is -4.08. The maximum absolute atomic E-state index is 12.6. The second-order valence-corrected chi connectivity index (χ2v) is 9.68. The van der Waals surface area contributed by atoms with Gasteiger partial charge in [0.05, 0.1) is 27.9 Å². The molecule has 0 aromatic heterocycles. The molecule has 0 fully saturated rings. The number of hydrazone groups is 1. The lowest BCUT2D eigenvalue weighted by Crippen LogP contribution is -2.18. The van der Waals surface area contributed by atoms with Gasteiger partial charge in [0.2, 0.25) is 0 Å². The predicted molar refractivity (Wildman–Crippen MR) is 131 cm³/mol. The van der Waals surface area contributed by atoms with Crippen LogP contribution in [0.1, 0.15) is 22.8 Å². The highest BCUT2D eigenvalue weighted by Gasteiger charge is 2.22. The van der Waals surface area contributed by atoms with Crippen molar-refractivity contribution in [1.29, 1.82) is 0 Å². The zero-order valence-corrected chi connectivity index (χ0v) is 21.0. The van der Waals surface area contributed by atoms with Crippen LogP contribution in [0.5, 0.6) is 11.5 Å². The Balaban J connectivity index is 1.82. The third-order valence-corrected chi connectivity index (χ3v) is 6.48. The summed E-state index contributed by atoms with van der Waals surface area (Å²) in [6, 6.07) is 15.3. The van der Waals surface area contributed by atoms with E-state index in [9.17, 15) is 13.2 Å². The molecular weight excluding hydrogens is 555 g/mol. The van der Waals surface area contributed by atoms with Crippen LogP contribution in [0.4, 0.5) is 0 Å². The van der Waals surface area contributed by atoms with Gasteiger partial charge in [0.25, 0.3) is 5.91 Å². The highest BCUT2D eigenvalue weighted by atomic mass is 79.9. The van der Waals surface area contributed by atoms with Crippen LogP contribution in [-0.2, 0) is 10.1 Å². The van der Waals surface area contributed by atoms with E-state index < -0.39 is 16.0 Å². The second-order valence-electron chi connectivity index (χ2n) is 6.44. The van der Waals surface area contributed by atoms with Crippen LogP contribution in [0, 0.1) is 0 Å². The number of carbonyl (C=O) groups is 1. The number of benzene rings is 3. The molecule has 3 aromatic rings. The van der Waals surface area contributed by atoms with Gasteiger partial charge in [0.15, 0.2) is 11.5 Å². The van der Waals surface area contributed by atoms with Crippen LogP contribution in [-0.4, -0.2) is 27.1 Å². The normalized spacial score (nSPS) is 11.4. The Hall–Kier alpha value is -2.59. The Morgan fingerprint density at radius 2 is 1.85 bits per heavy atom. The van der Waals surface area contributed by atoms with Crippen molar-refractivity contribution in [1.82, 2.24) is 5.43 Å². The fraction of sp³-hybridized carbons (Fsp3) is 0.0909. The first-order valence-electron chi connectivity index (χ1n) is 9.45.